The zero-order chi connectivity index (χ0) is 13.9. The third-order valence-electron chi connectivity index (χ3n) is 4.05. The molecule has 2 fully saturated rings. The Balaban J connectivity index is 1.62. The molecule has 3 heterocycles. The summed E-state index contributed by atoms with van der Waals surface area (Å²) < 4.78 is 0. The van der Waals surface area contributed by atoms with Gasteiger partial charge in [0.15, 0.2) is 0 Å². The van der Waals surface area contributed by atoms with E-state index in [1.54, 1.807) is 6.07 Å². The molecule has 2 saturated heterocycles. The fraction of sp³-hybridized carbons (Fsp3) is 0.643. The SMILES string of the molecule is O=C(c1sccc1Cl)N1CCCN(C2CCSC2)CC1. The predicted molar refractivity (Wildman–Crippen MR) is 87.2 cm³/mol. The third-order valence-corrected chi connectivity index (χ3v) is 6.53. The topological polar surface area (TPSA) is 23.6 Å². The van der Waals surface area contributed by atoms with E-state index in [1.165, 1.54) is 29.3 Å². The fourth-order valence-corrected chi connectivity index (χ4v) is 5.26. The number of halogens is 1. The lowest BCUT2D eigenvalue weighted by molar-refractivity contribution is 0.0764. The lowest BCUT2D eigenvalue weighted by Crippen LogP contribution is -2.39. The van der Waals surface area contributed by atoms with E-state index in [-0.39, 0.29) is 5.91 Å². The molecule has 0 bridgehead atoms. The second-order valence-corrected chi connectivity index (χ2v) is 7.77. The van der Waals surface area contributed by atoms with Crippen molar-refractivity contribution in [3.63, 3.8) is 0 Å². The van der Waals surface area contributed by atoms with Crippen LogP contribution in [0.15, 0.2) is 11.4 Å². The number of hydrogen-bond acceptors (Lipinski definition) is 4. The van der Waals surface area contributed by atoms with E-state index in [4.69, 9.17) is 11.6 Å². The van der Waals surface area contributed by atoms with Gasteiger partial charge in [-0.3, -0.25) is 9.69 Å². The number of nitrogens with zero attached hydrogens (tertiary/aromatic N) is 2. The van der Waals surface area contributed by atoms with E-state index in [2.05, 4.69) is 16.7 Å². The van der Waals surface area contributed by atoms with E-state index in [9.17, 15) is 4.79 Å². The van der Waals surface area contributed by atoms with Crippen LogP contribution < -0.4 is 0 Å². The Morgan fingerprint density at radius 2 is 2.20 bits per heavy atom. The molecule has 0 aliphatic carbocycles. The number of rotatable bonds is 2. The van der Waals surface area contributed by atoms with Crippen LogP contribution in [-0.4, -0.2) is 59.4 Å². The monoisotopic (exact) mass is 330 g/mol. The van der Waals surface area contributed by atoms with Crippen LogP contribution in [0.25, 0.3) is 0 Å². The van der Waals surface area contributed by atoms with E-state index >= 15 is 0 Å². The van der Waals surface area contributed by atoms with Crippen molar-refractivity contribution in [2.75, 3.05) is 37.7 Å². The first-order chi connectivity index (χ1) is 9.75. The lowest BCUT2D eigenvalue weighted by atomic mass is 10.2. The first-order valence-corrected chi connectivity index (χ1v) is 9.51. The molecule has 20 heavy (non-hydrogen) atoms. The minimum Gasteiger partial charge on any atom is -0.337 e. The van der Waals surface area contributed by atoms with Crippen LogP contribution in [0.5, 0.6) is 0 Å². The summed E-state index contributed by atoms with van der Waals surface area (Å²) in [5.41, 5.74) is 0. The van der Waals surface area contributed by atoms with Crippen molar-refractivity contribution >= 4 is 40.6 Å². The highest BCUT2D eigenvalue weighted by atomic mass is 35.5. The normalized spacial score (nSPS) is 24.9. The quantitative estimate of drug-likeness (QED) is 0.832. The summed E-state index contributed by atoms with van der Waals surface area (Å²) >= 11 is 9.57. The van der Waals surface area contributed by atoms with Gasteiger partial charge < -0.3 is 4.90 Å². The molecule has 1 atom stereocenters. The molecule has 0 N–H and O–H groups in total. The van der Waals surface area contributed by atoms with Gasteiger partial charge in [-0.25, -0.2) is 0 Å². The summed E-state index contributed by atoms with van der Waals surface area (Å²) in [6, 6.07) is 2.53. The predicted octanol–water partition coefficient (Wildman–Crippen LogP) is 3.05. The van der Waals surface area contributed by atoms with Crippen molar-refractivity contribution in [3.8, 4) is 0 Å². The third kappa shape index (κ3) is 3.16. The summed E-state index contributed by atoms with van der Waals surface area (Å²) in [5, 5.41) is 2.48. The van der Waals surface area contributed by atoms with Gasteiger partial charge in [0, 0.05) is 38.0 Å². The van der Waals surface area contributed by atoms with Crippen LogP contribution in [0.1, 0.15) is 22.5 Å². The second kappa shape index (κ2) is 6.69. The average molecular weight is 331 g/mol. The first-order valence-electron chi connectivity index (χ1n) is 7.10. The molecule has 6 heteroatoms. The maximum atomic E-state index is 12.5. The van der Waals surface area contributed by atoms with Crippen LogP contribution in [0.2, 0.25) is 5.02 Å². The highest BCUT2D eigenvalue weighted by Crippen LogP contribution is 2.26. The maximum Gasteiger partial charge on any atom is 0.265 e. The molecule has 1 unspecified atom stereocenters. The first kappa shape index (κ1) is 14.7. The Bertz CT molecular complexity index is 473. The van der Waals surface area contributed by atoms with Gasteiger partial charge in [0.1, 0.15) is 4.88 Å². The van der Waals surface area contributed by atoms with Crippen LogP contribution in [-0.2, 0) is 0 Å². The van der Waals surface area contributed by atoms with Gasteiger partial charge in [-0.15, -0.1) is 11.3 Å². The number of amides is 1. The number of carbonyl (C=O) groups is 1. The van der Waals surface area contributed by atoms with Crippen LogP contribution in [0, 0.1) is 0 Å². The van der Waals surface area contributed by atoms with Gasteiger partial charge in [0.25, 0.3) is 5.91 Å². The molecule has 2 aliphatic rings. The standard InChI is InChI=1S/C14H19ClN2OS2/c15-12-3-9-20-13(12)14(18)17-5-1-4-16(6-7-17)11-2-8-19-10-11/h3,9,11H,1-2,4-8,10H2. The Hall–Kier alpha value is -0.230. The molecule has 1 aromatic heterocycles. The van der Waals surface area contributed by atoms with Crippen molar-refractivity contribution in [2.45, 2.75) is 18.9 Å². The van der Waals surface area contributed by atoms with Crippen LogP contribution >= 0.6 is 34.7 Å². The van der Waals surface area contributed by atoms with Gasteiger partial charge in [-0.2, -0.15) is 11.8 Å². The van der Waals surface area contributed by atoms with Gasteiger partial charge in [0.05, 0.1) is 5.02 Å². The smallest absolute Gasteiger partial charge is 0.265 e. The highest BCUT2D eigenvalue weighted by molar-refractivity contribution is 7.99. The average Bonchev–Trinajstić information content (AvgIpc) is 3.05. The summed E-state index contributed by atoms with van der Waals surface area (Å²) in [4.78, 5) is 17.7. The summed E-state index contributed by atoms with van der Waals surface area (Å²) in [7, 11) is 0. The van der Waals surface area contributed by atoms with Crippen molar-refractivity contribution in [1.29, 1.82) is 0 Å². The largest absolute Gasteiger partial charge is 0.337 e. The van der Waals surface area contributed by atoms with E-state index < -0.39 is 0 Å². The van der Waals surface area contributed by atoms with Crippen LogP contribution in [0.4, 0.5) is 0 Å². The Labute approximate surface area is 133 Å². The molecule has 3 rings (SSSR count). The molecule has 1 aromatic rings. The number of hydrogen-bond donors (Lipinski definition) is 0. The van der Waals surface area contributed by atoms with Crippen molar-refractivity contribution in [2.24, 2.45) is 0 Å². The molecule has 0 spiro atoms. The van der Waals surface area contributed by atoms with E-state index in [0.29, 0.717) is 9.90 Å². The number of thioether (sulfide) groups is 1. The Kier molecular flexibility index (Phi) is 4.91. The molecule has 1 amide bonds. The molecule has 0 aromatic carbocycles. The zero-order valence-electron chi connectivity index (χ0n) is 11.4. The molecular formula is C14H19ClN2OS2. The minimum atomic E-state index is 0.104. The molecule has 0 saturated carbocycles. The summed E-state index contributed by atoms with van der Waals surface area (Å²) in [6.07, 6.45) is 2.37. The zero-order valence-corrected chi connectivity index (χ0v) is 13.8. The molecule has 110 valence electrons. The van der Waals surface area contributed by atoms with Crippen molar-refractivity contribution in [1.82, 2.24) is 9.80 Å². The lowest BCUT2D eigenvalue weighted by Gasteiger charge is -2.26. The number of carbonyl (C=O) groups excluding carboxylic acids is 1. The minimum absolute atomic E-state index is 0.104. The Morgan fingerprint density at radius 3 is 2.90 bits per heavy atom. The number of thiophene rings is 1. The fourth-order valence-electron chi connectivity index (χ4n) is 2.91. The molecule has 2 aliphatic heterocycles. The van der Waals surface area contributed by atoms with E-state index in [0.717, 1.165) is 38.6 Å². The van der Waals surface area contributed by atoms with Gasteiger partial charge in [0.2, 0.25) is 0 Å². The molecule has 3 nitrogen and oxygen atoms in total. The van der Waals surface area contributed by atoms with E-state index in [1.807, 2.05) is 10.3 Å². The molecular weight excluding hydrogens is 312 g/mol. The summed E-state index contributed by atoms with van der Waals surface area (Å²) in [5.74, 6) is 2.65. The molecule has 0 radical (unpaired) electrons. The maximum absolute atomic E-state index is 12.5. The second-order valence-electron chi connectivity index (χ2n) is 5.30. The Morgan fingerprint density at radius 1 is 1.30 bits per heavy atom. The van der Waals surface area contributed by atoms with Crippen molar-refractivity contribution in [3.05, 3.63) is 21.3 Å². The van der Waals surface area contributed by atoms with Crippen LogP contribution in [0.3, 0.4) is 0 Å². The van der Waals surface area contributed by atoms with Crippen molar-refractivity contribution < 1.29 is 4.79 Å². The van der Waals surface area contributed by atoms with Gasteiger partial charge in [-0.05, 0) is 30.0 Å². The van der Waals surface area contributed by atoms with Gasteiger partial charge >= 0.3 is 0 Å². The summed E-state index contributed by atoms with van der Waals surface area (Å²) in [6.45, 7) is 3.80. The van der Waals surface area contributed by atoms with Gasteiger partial charge in [-0.1, -0.05) is 11.6 Å². The highest BCUT2D eigenvalue weighted by Gasteiger charge is 2.27.